The molecule has 3 aromatic heterocycles. The molecule has 0 saturated carbocycles. The predicted octanol–water partition coefficient (Wildman–Crippen LogP) is 12.7. The van der Waals surface area contributed by atoms with Gasteiger partial charge in [-0.2, -0.15) is 0 Å². The number of nitrogens with zero attached hydrogens (tertiary/aromatic N) is 2. The lowest BCUT2D eigenvalue weighted by Gasteiger charge is -2.19. The second kappa shape index (κ2) is 10.2. The van der Waals surface area contributed by atoms with Crippen molar-refractivity contribution in [3.63, 3.8) is 0 Å². The minimum absolute atomic E-state index is 0.126. The number of hydrogen-bond acceptors (Lipinski definition) is 1. The maximum Gasteiger partial charge on any atom is 0.145 e. The Kier molecular flexibility index (Phi) is 5.84. The van der Waals surface area contributed by atoms with Crippen LogP contribution in [0.5, 0.6) is 0 Å². The van der Waals surface area contributed by atoms with Gasteiger partial charge in [-0.3, -0.25) is 0 Å². The van der Waals surface area contributed by atoms with Crippen molar-refractivity contribution in [1.29, 1.82) is 0 Å². The average molecular weight is 631 g/mol. The lowest BCUT2D eigenvalue weighted by molar-refractivity contribution is 0.590. The number of benzene rings is 7. The molecule has 49 heavy (non-hydrogen) atoms. The van der Waals surface area contributed by atoms with E-state index in [4.69, 9.17) is 4.42 Å². The van der Waals surface area contributed by atoms with E-state index in [0.29, 0.717) is 0 Å². The third-order valence-electron chi connectivity index (χ3n) is 10.3. The van der Waals surface area contributed by atoms with Gasteiger partial charge in [0.25, 0.3) is 0 Å². The molecule has 3 heterocycles. The van der Waals surface area contributed by atoms with Crippen LogP contribution in [-0.2, 0) is 5.41 Å². The Bertz CT molecular complexity index is 2910. The van der Waals surface area contributed by atoms with Crippen LogP contribution in [0.2, 0.25) is 0 Å². The summed E-state index contributed by atoms with van der Waals surface area (Å²) in [5.74, 6) is 0. The molecule has 0 saturated heterocycles. The number of fused-ring (bicyclic) bond motifs is 10. The molecule has 0 aliphatic rings. The van der Waals surface area contributed by atoms with E-state index in [1.807, 2.05) is 6.07 Å². The number of rotatable bonds is 3. The molecule has 3 heteroatoms. The highest BCUT2D eigenvalue weighted by Crippen LogP contribution is 2.42. The highest BCUT2D eigenvalue weighted by atomic mass is 16.3. The van der Waals surface area contributed by atoms with Crippen LogP contribution in [0, 0.1) is 0 Å². The lowest BCUT2D eigenvalue weighted by atomic mass is 9.86. The van der Waals surface area contributed by atoms with Gasteiger partial charge >= 0.3 is 0 Å². The smallest absolute Gasteiger partial charge is 0.145 e. The maximum absolute atomic E-state index is 6.55. The summed E-state index contributed by atoms with van der Waals surface area (Å²) in [7, 11) is 0. The fourth-order valence-corrected chi connectivity index (χ4v) is 7.88. The molecule has 3 nitrogen and oxygen atoms in total. The van der Waals surface area contributed by atoms with Crippen LogP contribution in [0.4, 0.5) is 0 Å². The Hall–Kier alpha value is -6.06. The standard InChI is InChI=1S/C46H34N2O/c1-46(2,3)31-21-19-29(20-22-31)30-11-10-12-32(27-30)47-39-16-7-4-13-34(39)38-28-33(23-25-41(38)47)48-40-17-8-5-15-37(40)44-42(48)26-24-36-35-14-6-9-18-43(35)49-45(36)44/h4-28H,1-3H3. The monoisotopic (exact) mass is 630 g/mol. The zero-order valence-corrected chi connectivity index (χ0v) is 27.7. The summed E-state index contributed by atoms with van der Waals surface area (Å²) >= 11 is 0. The number of aromatic nitrogens is 2. The molecule has 0 N–H and O–H groups in total. The van der Waals surface area contributed by atoms with Crippen LogP contribution < -0.4 is 0 Å². The van der Waals surface area contributed by atoms with Gasteiger partial charge in [0.2, 0.25) is 0 Å². The van der Waals surface area contributed by atoms with Gasteiger partial charge in [0.05, 0.1) is 27.5 Å². The fraction of sp³-hybridized carbons (Fsp3) is 0.0870. The van der Waals surface area contributed by atoms with Gasteiger partial charge < -0.3 is 13.6 Å². The first-order valence-corrected chi connectivity index (χ1v) is 17.0. The molecule has 0 aliphatic carbocycles. The Balaban J connectivity index is 1.18. The van der Waals surface area contributed by atoms with E-state index >= 15 is 0 Å². The molecule has 0 radical (unpaired) electrons. The Labute approximate surface area is 284 Å². The zero-order valence-electron chi connectivity index (χ0n) is 27.7. The minimum atomic E-state index is 0.126. The number of para-hydroxylation sites is 3. The molecule has 0 bridgehead atoms. The number of furan rings is 1. The molecule has 0 amide bonds. The first kappa shape index (κ1) is 28.0. The highest BCUT2D eigenvalue weighted by molar-refractivity contribution is 6.24. The minimum Gasteiger partial charge on any atom is -0.455 e. The molecule has 0 unspecified atom stereocenters. The SMILES string of the molecule is CC(C)(C)c1ccc(-c2cccc(-n3c4ccccc4c4cc(-n5c6ccccc6c6c7oc8ccccc8c7ccc65)ccc43)c2)cc1. The van der Waals surface area contributed by atoms with Crippen LogP contribution in [0.3, 0.4) is 0 Å². The van der Waals surface area contributed by atoms with Crippen molar-refractivity contribution in [2.45, 2.75) is 26.2 Å². The van der Waals surface area contributed by atoms with E-state index in [2.05, 4.69) is 175 Å². The summed E-state index contributed by atoms with van der Waals surface area (Å²) in [5, 5.41) is 7.10. The largest absolute Gasteiger partial charge is 0.455 e. The van der Waals surface area contributed by atoms with E-state index in [1.54, 1.807) is 0 Å². The van der Waals surface area contributed by atoms with Crippen molar-refractivity contribution in [3.05, 3.63) is 157 Å². The Morgan fingerprint density at radius 2 is 1.06 bits per heavy atom. The molecule has 10 rings (SSSR count). The van der Waals surface area contributed by atoms with Crippen molar-refractivity contribution < 1.29 is 4.42 Å². The highest BCUT2D eigenvalue weighted by Gasteiger charge is 2.20. The van der Waals surface area contributed by atoms with Crippen LogP contribution >= 0.6 is 0 Å². The summed E-state index contributed by atoms with van der Waals surface area (Å²) < 4.78 is 11.4. The molecule has 10 aromatic rings. The Morgan fingerprint density at radius 3 is 1.86 bits per heavy atom. The molecule has 0 aliphatic heterocycles. The summed E-state index contributed by atoms with van der Waals surface area (Å²) in [5.41, 5.74) is 12.7. The molecule has 0 fully saturated rings. The summed E-state index contributed by atoms with van der Waals surface area (Å²) in [6, 6.07) is 55.1. The van der Waals surface area contributed by atoms with Gasteiger partial charge in [-0.1, -0.05) is 112 Å². The predicted molar refractivity (Wildman–Crippen MR) is 207 cm³/mol. The molecule has 7 aromatic carbocycles. The molecular formula is C46H34N2O. The van der Waals surface area contributed by atoms with E-state index in [9.17, 15) is 0 Å². The van der Waals surface area contributed by atoms with Gasteiger partial charge in [-0.25, -0.2) is 0 Å². The first-order valence-electron chi connectivity index (χ1n) is 17.0. The topological polar surface area (TPSA) is 23.0 Å². The van der Waals surface area contributed by atoms with E-state index in [-0.39, 0.29) is 5.41 Å². The number of hydrogen-bond donors (Lipinski definition) is 0. The summed E-state index contributed by atoms with van der Waals surface area (Å²) in [6.45, 7) is 6.78. The molecule has 0 atom stereocenters. The van der Waals surface area contributed by atoms with Crippen LogP contribution in [0.15, 0.2) is 156 Å². The van der Waals surface area contributed by atoms with E-state index in [1.165, 1.54) is 49.4 Å². The van der Waals surface area contributed by atoms with Gasteiger partial charge in [0.15, 0.2) is 0 Å². The van der Waals surface area contributed by atoms with Crippen molar-refractivity contribution in [2.24, 2.45) is 0 Å². The molecular weight excluding hydrogens is 597 g/mol. The van der Waals surface area contributed by atoms with Crippen molar-refractivity contribution in [2.75, 3.05) is 0 Å². The third kappa shape index (κ3) is 4.15. The Morgan fingerprint density at radius 1 is 0.429 bits per heavy atom. The van der Waals surface area contributed by atoms with Crippen molar-refractivity contribution >= 4 is 65.6 Å². The normalized spacial score (nSPS) is 12.4. The van der Waals surface area contributed by atoms with E-state index in [0.717, 1.165) is 44.2 Å². The first-order chi connectivity index (χ1) is 23.9. The van der Waals surface area contributed by atoms with Crippen LogP contribution in [-0.4, -0.2) is 9.13 Å². The quantitative estimate of drug-likeness (QED) is 0.190. The average Bonchev–Trinajstić information content (AvgIpc) is 3.79. The van der Waals surface area contributed by atoms with Gasteiger partial charge in [0.1, 0.15) is 11.2 Å². The molecule has 234 valence electrons. The van der Waals surface area contributed by atoms with E-state index < -0.39 is 0 Å². The second-order valence-corrected chi connectivity index (χ2v) is 14.2. The van der Waals surface area contributed by atoms with Gasteiger partial charge in [-0.15, -0.1) is 0 Å². The zero-order chi connectivity index (χ0) is 32.9. The lowest BCUT2D eigenvalue weighted by Crippen LogP contribution is -2.10. The fourth-order valence-electron chi connectivity index (χ4n) is 7.88. The maximum atomic E-state index is 6.55. The van der Waals surface area contributed by atoms with Crippen molar-refractivity contribution in [3.8, 4) is 22.5 Å². The van der Waals surface area contributed by atoms with Crippen LogP contribution in [0.1, 0.15) is 26.3 Å². The van der Waals surface area contributed by atoms with Gasteiger partial charge in [0, 0.05) is 38.3 Å². The third-order valence-corrected chi connectivity index (χ3v) is 10.3. The van der Waals surface area contributed by atoms with Crippen LogP contribution in [0.25, 0.3) is 88.1 Å². The molecule has 0 spiro atoms. The summed E-state index contributed by atoms with van der Waals surface area (Å²) in [6.07, 6.45) is 0. The van der Waals surface area contributed by atoms with Gasteiger partial charge in [-0.05, 0) is 82.8 Å². The second-order valence-electron chi connectivity index (χ2n) is 14.2. The van der Waals surface area contributed by atoms with Crippen molar-refractivity contribution in [1.82, 2.24) is 9.13 Å². The summed E-state index contributed by atoms with van der Waals surface area (Å²) in [4.78, 5) is 0.